The van der Waals surface area contributed by atoms with E-state index in [9.17, 15) is 0 Å². The van der Waals surface area contributed by atoms with E-state index in [4.69, 9.17) is 26.2 Å². The van der Waals surface area contributed by atoms with Gasteiger partial charge in [0.1, 0.15) is 0 Å². The third kappa shape index (κ3) is 14.2. The first-order valence-electron chi connectivity index (χ1n) is 6.17. The molecule has 0 heterocycles. The normalized spacial score (nSPS) is 12.9. The van der Waals surface area contributed by atoms with Gasteiger partial charge in [-0.2, -0.15) is 0 Å². The molecule has 0 radical (unpaired) electrons. The molecule has 0 aliphatic heterocycles. The van der Waals surface area contributed by atoms with Crippen molar-refractivity contribution in [2.45, 2.75) is 45.1 Å². The van der Waals surface area contributed by atoms with Gasteiger partial charge in [-0.05, 0) is 26.2 Å². The van der Waals surface area contributed by atoms with Gasteiger partial charge in [0.05, 0.1) is 19.3 Å². The van der Waals surface area contributed by atoms with E-state index < -0.39 is 0 Å². The molecule has 0 aromatic rings. The predicted molar refractivity (Wildman–Crippen MR) is 67.1 cm³/mol. The SMILES string of the molecule is CC(O)CCOCCOCCCCCCCl. The van der Waals surface area contributed by atoms with Crippen molar-refractivity contribution < 1.29 is 14.6 Å². The molecular weight excluding hydrogens is 228 g/mol. The lowest BCUT2D eigenvalue weighted by Crippen LogP contribution is -2.10. The number of aliphatic hydroxyl groups excluding tert-OH is 1. The van der Waals surface area contributed by atoms with Crippen molar-refractivity contribution in [2.24, 2.45) is 0 Å². The molecule has 0 aliphatic rings. The molecule has 1 unspecified atom stereocenters. The van der Waals surface area contributed by atoms with Gasteiger partial charge in [-0.1, -0.05) is 12.8 Å². The summed E-state index contributed by atoms with van der Waals surface area (Å²) in [5.74, 6) is 0.762. The Morgan fingerprint density at radius 2 is 1.56 bits per heavy atom. The molecule has 0 saturated heterocycles. The van der Waals surface area contributed by atoms with Crippen LogP contribution in [0.2, 0.25) is 0 Å². The van der Waals surface area contributed by atoms with Crippen LogP contribution in [0.4, 0.5) is 0 Å². The summed E-state index contributed by atoms with van der Waals surface area (Å²) in [4.78, 5) is 0. The van der Waals surface area contributed by atoms with Crippen molar-refractivity contribution in [3.8, 4) is 0 Å². The van der Waals surface area contributed by atoms with E-state index >= 15 is 0 Å². The van der Waals surface area contributed by atoms with E-state index in [1.807, 2.05) is 0 Å². The van der Waals surface area contributed by atoms with Crippen molar-refractivity contribution in [1.29, 1.82) is 0 Å². The van der Waals surface area contributed by atoms with E-state index in [0.29, 0.717) is 26.2 Å². The maximum Gasteiger partial charge on any atom is 0.0700 e. The number of hydrogen-bond acceptors (Lipinski definition) is 3. The second-order valence-electron chi connectivity index (χ2n) is 3.97. The molecule has 0 fully saturated rings. The van der Waals surface area contributed by atoms with Crippen LogP contribution in [0.3, 0.4) is 0 Å². The maximum absolute atomic E-state index is 8.98. The number of unbranched alkanes of at least 4 members (excludes halogenated alkanes) is 3. The van der Waals surface area contributed by atoms with Crippen molar-refractivity contribution in [3.63, 3.8) is 0 Å². The maximum atomic E-state index is 8.98. The summed E-state index contributed by atoms with van der Waals surface area (Å²) in [6.07, 6.45) is 5.00. The molecule has 98 valence electrons. The van der Waals surface area contributed by atoms with Gasteiger partial charge in [0.2, 0.25) is 0 Å². The average molecular weight is 253 g/mol. The highest BCUT2D eigenvalue weighted by Gasteiger charge is 1.95. The van der Waals surface area contributed by atoms with Crippen LogP contribution in [-0.2, 0) is 9.47 Å². The first kappa shape index (κ1) is 16.2. The zero-order valence-electron chi connectivity index (χ0n) is 10.3. The van der Waals surface area contributed by atoms with Gasteiger partial charge in [0, 0.05) is 19.1 Å². The van der Waals surface area contributed by atoms with Crippen LogP contribution in [0, 0.1) is 0 Å². The summed E-state index contributed by atoms with van der Waals surface area (Å²) in [6, 6.07) is 0. The van der Waals surface area contributed by atoms with Gasteiger partial charge in [0.25, 0.3) is 0 Å². The zero-order chi connectivity index (χ0) is 12.1. The van der Waals surface area contributed by atoms with E-state index in [1.165, 1.54) is 12.8 Å². The zero-order valence-corrected chi connectivity index (χ0v) is 11.0. The first-order chi connectivity index (χ1) is 7.77. The average Bonchev–Trinajstić information content (AvgIpc) is 2.25. The highest BCUT2D eigenvalue weighted by atomic mass is 35.5. The van der Waals surface area contributed by atoms with Crippen molar-refractivity contribution >= 4 is 11.6 Å². The molecule has 0 aromatic carbocycles. The Bertz CT molecular complexity index is 131. The number of halogens is 1. The molecule has 0 aromatic heterocycles. The summed E-state index contributed by atoms with van der Waals surface area (Å²) in [7, 11) is 0. The van der Waals surface area contributed by atoms with E-state index in [0.717, 1.165) is 25.3 Å². The van der Waals surface area contributed by atoms with Crippen LogP contribution < -0.4 is 0 Å². The number of alkyl halides is 1. The third-order valence-corrected chi connectivity index (χ3v) is 2.49. The molecule has 3 nitrogen and oxygen atoms in total. The predicted octanol–water partition coefficient (Wildman–Crippen LogP) is 2.59. The lowest BCUT2D eigenvalue weighted by Gasteiger charge is -2.06. The number of aliphatic hydroxyl groups is 1. The summed E-state index contributed by atoms with van der Waals surface area (Å²) in [5, 5.41) is 8.98. The minimum absolute atomic E-state index is 0.275. The summed E-state index contributed by atoms with van der Waals surface area (Å²) in [6.45, 7) is 4.45. The summed E-state index contributed by atoms with van der Waals surface area (Å²) < 4.78 is 10.7. The van der Waals surface area contributed by atoms with Crippen LogP contribution in [0.15, 0.2) is 0 Å². The Kier molecular flexibility index (Phi) is 13.4. The fourth-order valence-corrected chi connectivity index (χ4v) is 1.42. The van der Waals surface area contributed by atoms with Gasteiger partial charge in [-0.15, -0.1) is 11.6 Å². The van der Waals surface area contributed by atoms with Crippen LogP contribution >= 0.6 is 11.6 Å². The minimum Gasteiger partial charge on any atom is -0.393 e. The second-order valence-corrected chi connectivity index (χ2v) is 4.34. The van der Waals surface area contributed by atoms with E-state index in [1.54, 1.807) is 6.92 Å². The fraction of sp³-hybridized carbons (Fsp3) is 1.00. The van der Waals surface area contributed by atoms with Crippen molar-refractivity contribution in [2.75, 3.05) is 32.3 Å². The summed E-state index contributed by atoms with van der Waals surface area (Å²) in [5.41, 5.74) is 0. The molecule has 16 heavy (non-hydrogen) atoms. The first-order valence-corrected chi connectivity index (χ1v) is 6.70. The van der Waals surface area contributed by atoms with Gasteiger partial charge < -0.3 is 14.6 Å². The second kappa shape index (κ2) is 13.2. The van der Waals surface area contributed by atoms with E-state index in [-0.39, 0.29) is 6.10 Å². The molecule has 4 heteroatoms. The number of rotatable bonds is 12. The molecule has 0 aliphatic carbocycles. The highest BCUT2D eigenvalue weighted by Crippen LogP contribution is 2.01. The molecule has 0 rings (SSSR count). The Morgan fingerprint density at radius 1 is 0.938 bits per heavy atom. The fourth-order valence-electron chi connectivity index (χ4n) is 1.23. The van der Waals surface area contributed by atoms with Crippen molar-refractivity contribution in [1.82, 2.24) is 0 Å². The Hall–Kier alpha value is 0.170. The smallest absolute Gasteiger partial charge is 0.0700 e. The molecule has 0 amide bonds. The molecule has 0 spiro atoms. The van der Waals surface area contributed by atoms with Gasteiger partial charge in [-0.3, -0.25) is 0 Å². The minimum atomic E-state index is -0.275. The molecule has 1 N–H and O–H groups in total. The largest absolute Gasteiger partial charge is 0.393 e. The lowest BCUT2D eigenvalue weighted by molar-refractivity contribution is 0.0336. The number of hydrogen-bond donors (Lipinski definition) is 1. The van der Waals surface area contributed by atoms with Gasteiger partial charge in [0.15, 0.2) is 0 Å². The monoisotopic (exact) mass is 252 g/mol. The Balaban J connectivity index is 2.88. The molecule has 0 bridgehead atoms. The third-order valence-electron chi connectivity index (χ3n) is 2.22. The van der Waals surface area contributed by atoms with E-state index in [2.05, 4.69) is 0 Å². The van der Waals surface area contributed by atoms with Crippen molar-refractivity contribution in [3.05, 3.63) is 0 Å². The van der Waals surface area contributed by atoms with Gasteiger partial charge >= 0.3 is 0 Å². The highest BCUT2D eigenvalue weighted by molar-refractivity contribution is 6.17. The lowest BCUT2D eigenvalue weighted by atomic mass is 10.2. The standard InChI is InChI=1S/C12H25ClO3/c1-12(14)6-9-16-11-10-15-8-5-3-2-4-7-13/h12,14H,2-11H2,1H3. The van der Waals surface area contributed by atoms with Gasteiger partial charge in [-0.25, -0.2) is 0 Å². The quantitative estimate of drug-likeness (QED) is 0.429. The van der Waals surface area contributed by atoms with Crippen LogP contribution in [0.1, 0.15) is 39.0 Å². The molecule has 1 atom stereocenters. The topological polar surface area (TPSA) is 38.7 Å². The Morgan fingerprint density at radius 3 is 2.19 bits per heavy atom. The molecule has 0 saturated carbocycles. The summed E-state index contributed by atoms with van der Waals surface area (Å²) >= 11 is 5.57. The Labute approximate surface area is 104 Å². The van der Waals surface area contributed by atoms with Crippen LogP contribution in [0.25, 0.3) is 0 Å². The van der Waals surface area contributed by atoms with Crippen LogP contribution in [-0.4, -0.2) is 43.5 Å². The molecular formula is C12H25ClO3. The number of ether oxygens (including phenoxy) is 2. The van der Waals surface area contributed by atoms with Crippen LogP contribution in [0.5, 0.6) is 0 Å².